The number of halogens is 2. The van der Waals surface area contributed by atoms with Crippen LogP contribution in [0.1, 0.15) is 23.2 Å². The van der Waals surface area contributed by atoms with Crippen LogP contribution in [0.25, 0.3) is 5.69 Å². The van der Waals surface area contributed by atoms with Gasteiger partial charge in [-0.3, -0.25) is 9.59 Å². The molecule has 0 aliphatic carbocycles. The number of anilines is 1. The van der Waals surface area contributed by atoms with Crippen molar-refractivity contribution in [3.05, 3.63) is 70.6 Å². The second-order valence-electron chi connectivity index (χ2n) is 7.07. The average molecular weight is 444 g/mol. The number of pyridine rings is 1. The first-order chi connectivity index (χ1) is 14.5. The van der Waals surface area contributed by atoms with Crippen molar-refractivity contribution in [3.8, 4) is 5.69 Å². The van der Waals surface area contributed by atoms with E-state index in [9.17, 15) is 9.59 Å². The van der Waals surface area contributed by atoms with Crippen LogP contribution in [0.3, 0.4) is 0 Å². The summed E-state index contributed by atoms with van der Waals surface area (Å²) >= 11 is 11.7. The van der Waals surface area contributed by atoms with E-state index in [1.807, 2.05) is 12.1 Å². The molecular weight excluding hydrogens is 425 g/mol. The topological polar surface area (TPSA) is 80.1 Å². The van der Waals surface area contributed by atoms with Crippen LogP contribution in [-0.4, -0.2) is 44.6 Å². The van der Waals surface area contributed by atoms with E-state index >= 15 is 0 Å². The third kappa shape index (κ3) is 4.63. The van der Waals surface area contributed by atoms with Crippen molar-refractivity contribution in [2.75, 3.05) is 18.4 Å². The first kappa shape index (κ1) is 20.4. The van der Waals surface area contributed by atoms with E-state index in [4.69, 9.17) is 23.2 Å². The van der Waals surface area contributed by atoms with Crippen LogP contribution in [-0.2, 0) is 4.79 Å². The fourth-order valence-corrected chi connectivity index (χ4v) is 3.61. The number of rotatable bonds is 4. The van der Waals surface area contributed by atoms with E-state index in [0.717, 1.165) is 5.69 Å². The molecule has 0 radical (unpaired) electrons. The molecule has 154 valence electrons. The van der Waals surface area contributed by atoms with Crippen molar-refractivity contribution >= 4 is 40.8 Å². The highest BCUT2D eigenvalue weighted by Gasteiger charge is 2.28. The van der Waals surface area contributed by atoms with Crippen LogP contribution in [0.4, 0.5) is 5.82 Å². The van der Waals surface area contributed by atoms with Gasteiger partial charge >= 0.3 is 0 Å². The zero-order valence-electron chi connectivity index (χ0n) is 16.0. The number of nitrogens with zero attached hydrogens (tertiary/aromatic N) is 4. The molecule has 1 fully saturated rings. The number of likely N-dealkylation sites (tertiary alicyclic amines) is 1. The molecule has 4 rings (SSSR count). The minimum Gasteiger partial charge on any atom is -0.339 e. The van der Waals surface area contributed by atoms with Gasteiger partial charge in [0.05, 0.1) is 22.5 Å². The van der Waals surface area contributed by atoms with Gasteiger partial charge in [-0.15, -0.1) is 0 Å². The minimum atomic E-state index is -0.164. The molecule has 0 bridgehead atoms. The number of carbonyl (C=O) groups excluding carboxylic acids is 2. The number of hydrogen-bond acceptors (Lipinski definition) is 4. The number of hydrogen-bond donors (Lipinski definition) is 1. The fourth-order valence-electron chi connectivity index (χ4n) is 3.37. The van der Waals surface area contributed by atoms with Gasteiger partial charge in [0.1, 0.15) is 5.82 Å². The summed E-state index contributed by atoms with van der Waals surface area (Å²) in [5.41, 5.74) is 1.34. The Hall–Kier alpha value is -2.90. The molecule has 30 heavy (non-hydrogen) atoms. The minimum absolute atomic E-state index is 0.0894. The van der Waals surface area contributed by atoms with E-state index in [0.29, 0.717) is 47.4 Å². The molecule has 1 saturated heterocycles. The van der Waals surface area contributed by atoms with Crippen molar-refractivity contribution < 1.29 is 9.59 Å². The Kier molecular flexibility index (Phi) is 6.01. The maximum absolute atomic E-state index is 12.8. The summed E-state index contributed by atoms with van der Waals surface area (Å²) in [4.78, 5) is 31.1. The Balaban J connectivity index is 1.33. The number of aromatic nitrogens is 3. The summed E-state index contributed by atoms with van der Waals surface area (Å²) in [6, 6.07) is 10.6. The lowest BCUT2D eigenvalue weighted by molar-refractivity contribution is -0.121. The molecule has 0 spiro atoms. The SMILES string of the molecule is O=C(Nc1ccc(Cl)cn1)C1CCN(C(=O)c2cnn(-c3ccc(Cl)cc3)c2)CC1. The average Bonchev–Trinajstić information content (AvgIpc) is 3.26. The fraction of sp³-hybridized carbons (Fsp3) is 0.238. The van der Waals surface area contributed by atoms with Crippen molar-refractivity contribution in [3.63, 3.8) is 0 Å². The van der Waals surface area contributed by atoms with Crippen LogP contribution >= 0.6 is 23.2 Å². The second-order valence-corrected chi connectivity index (χ2v) is 7.94. The quantitative estimate of drug-likeness (QED) is 0.658. The molecule has 0 unspecified atom stereocenters. The van der Waals surface area contributed by atoms with E-state index in [2.05, 4.69) is 15.4 Å². The predicted octanol–water partition coefficient (Wildman–Crippen LogP) is 4.07. The smallest absolute Gasteiger partial charge is 0.257 e. The van der Waals surface area contributed by atoms with Crippen LogP contribution in [0.5, 0.6) is 0 Å². The molecule has 1 aliphatic rings. The summed E-state index contributed by atoms with van der Waals surface area (Å²) < 4.78 is 1.64. The van der Waals surface area contributed by atoms with E-state index < -0.39 is 0 Å². The summed E-state index contributed by atoms with van der Waals surface area (Å²) in [6.07, 6.45) is 5.94. The van der Waals surface area contributed by atoms with E-state index in [-0.39, 0.29) is 17.7 Å². The summed E-state index contributed by atoms with van der Waals surface area (Å²) in [6.45, 7) is 1.02. The van der Waals surface area contributed by atoms with Gasteiger partial charge < -0.3 is 10.2 Å². The highest BCUT2D eigenvalue weighted by atomic mass is 35.5. The highest BCUT2D eigenvalue weighted by molar-refractivity contribution is 6.30. The Morgan fingerprint density at radius 2 is 1.67 bits per heavy atom. The van der Waals surface area contributed by atoms with Gasteiger partial charge in [0, 0.05) is 36.4 Å². The third-order valence-corrected chi connectivity index (χ3v) is 5.53. The highest BCUT2D eigenvalue weighted by Crippen LogP contribution is 2.21. The molecule has 1 aromatic carbocycles. The van der Waals surface area contributed by atoms with Crippen molar-refractivity contribution in [2.24, 2.45) is 5.92 Å². The van der Waals surface area contributed by atoms with Gasteiger partial charge in [-0.2, -0.15) is 5.10 Å². The van der Waals surface area contributed by atoms with E-state index in [1.165, 1.54) is 6.20 Å². The molecule has 0 saturated carbocycles. The maximum Gasteiger partial charge on any atom is 0.257 e. The number of nitrogens with one attached hydrogen (secondary N) is 1. The van der Waals surface area contributed by atoms with Crippen LogP contribution < -0.4 is 5.32 Å². The molecule has 3 heterocycles. The van der Waals surface area contributed by atoms with Crippen molar-refractivity contribution in [2.45, 2.75) is 12.8 Å². The van der Waals surface area contributed by atoms with Gasteiger partial charge in [0.15, 0.2) is 0 Å². The molecule has 1 aliphatic heterocycles. The molecule has 3 aromatic rings. The van der Waals surface area contributed by atoms with Crippen molar-refractivity contribution in [1.29, 1.82) is 0 Å². The monoisotopic (exact) mass is 443 g/mol. The Bertz CT molecular complexity index is 1040. The van der Waals surface area contributed by atoms with Crippen LogP contribution in [0.15, 0.2) is 55.0 Å². The first-order valence-electron chi connectivity index (χ1n) is 9.52. The zero-order valence-corrected chi connectivity index (χ0v) is 17.5. The molecule has 0 atom stereocenters. The predicted molar refractivity (Wildman–Crippen MR) is 115 cm³/mol. The largest absolute Gasteiger partial charge is 0.339 e. The summed E-state index contributed by atoms with van der Waals surface area (Å²) in [5, 5.41) is 8.23. The third-order valence-electron chi connectivity index (χ3n) is 5.05. The summed E-state index contributed by atoms with van der Waals surface area (Å²) in [7, 11) is 0. The van der Waals surface area contributed by atoms with Gasteiger partial charge in [-0.1, -0.05) is 23.2 Å². The van der Waals surface area contributed by atoms with Gasteiger partial charge in [0.2, 0.25) is 5.91 Å². The van der Waals surface area contributed by atoms with Crippen LogP contribution in [0, 0.1) is 5.92 Å². The lowest BCUT2D eigenvalue weighted by Gasteiger charge is -2.31. The molecular formula is C21H19Cl2N5O2. The lowest BCUT2D eigenvalue weighted by atomic mass is 9.95. The number of piperidine rings is 1. The van der Waals surface area contributed by atoms with Crippen molar-refractivity contribution in [1.82, 2.24) is 19.7 Å². The lowest BCUT2D eigenvalue weighted by Crippen LogP contribution is -2.41. The summed E-state index contributed by atoms with van der Waals surface area (Å²) in [5.74, 6) is 0.127. The molecule has 2 aromatic heterocycles. The van der Waals surface area contributed by atoms with Crippen LogP contribution in [0.2, 0.25) is 10.0 Å². The normalized spacial score (nSPS) is 14.5. The molecule has 2 amide bonds. The molecule has 1 N–H and O–H groups in total. The number of carbonyl (C=O) groups is 2. The number of benzene rings is 1. The molecule has 7 nitrogen and oxygen atoms in total. The Morgan fingerprint density at radius 3 is 2.33 bits per heavy atom. The van der Waals surface area contributed by atoms with Gasteiger partial charge in [0.25, 0.3) is 5.91 Å². The van der Waals surface area contributed by atoms with Gasteiger partial charge in [-0.05, 0) is 49.2 Å². The maximum atomic E-state index is 12.8. The standard InChI is InChI=1S/C21H19Cl2N5O2/c22-16-1-4-18(5-2-16)28-13-15(11-25-28)21(30)27-9-7-14(8-10-27)20(29)26-19-6-3-17(23)12-24-19/h1-6,11-14H,7-10H2,(H,24,26,29). The Labute approximate surface area is 183 Å². The zero-order chi connectivity index (χ0) is 21.1. The van der Waals surface area contributed by atoms with Gasteiger partial charge in [-0.25, -0.2) is 9.67 Å². The second kappa shape index (κ2) is 8.85. The van der Waals surface area contributed by atoms with E-state index in [1.54, 1.807) is 46.2 Å². The Morgan fingerprint density at radius 1 is 0.967 bits per heavy atom. The number of amides is 2. The first-order valence-corrected chi connectivity index (χ1v) is 10.3. The molecule has 9 heteroatoms.